The Hall–Kier alpha value is -1.38. The largest absolute Gasteiger partial charge is 0.508 e. The molecule has 0 heterocycles. The fourth-order valence-electron chi connectivity index (χ4n) is 1.60. The smallest absolute Gasteiger partial charge is 0.120 e. The number of benzene rings is 2. The predicted octanol–water partition coefficient (Wildman–Crippen LogP) is 4.62. The van der Waals surface area contributed by atoms with Gasteiger partial charge < -0.3 is 10.4 Å². The van der Waals surface area contributed by atoms with Crippen LogP contribution in [0.4, 0.5) is 5.69 Å². The van der Waals surface area contributed by atoms with Crippen LogP contribution in [0.15, 0.2) is 36.4 Å². The zero-order valence-electron chi connectivity index (χ0n) is 9.87. The van der Waals surface area contributed by atoms with Gasteiger partial charge in [0.1, 0.15) is 5.75 Å². The van der Waals surface area contributed by atoms with Gasteiger partial charge in [-0.1, -0.05) is 29.3 Å². The Kier molecular flexibility index (Phi) is 4.00. The fraction of sp³-hybridized carbons (Fsp3) is 0.143. The maximum Gasteiger partial charge on any atom is 0.120 e. The Balaban J connectivity index is 2.11. The molecule has 2 aromatic carbocycles. The van der Waals surface area contributed by atoms with Crippen LogP contribution >= 0.6 is 23.2 Å². The third-order valence-corrected chi connectivity index (χ3v) is 3.30. The molecule has 2 nitrogen and oxygen atoms in total. The second-order valence-corrected chi connectivity index (χ2v) is 4.93. The molecule has 0 bridgehead atoms. The molecule has 0 saturated carbocycles. The van der Waals surface area contributed by atoms with E-state index in [1.165, 1.54) is 0 Å². The monoisotopic (exact) mass is 281 g/mol. The highest BCUT2D eigenvalue weighted by Crippen LogP contribution is 2.24. The summed E-state index contributed by atoms with van der Waals surface area (Å²) >= 11 is 12.0. The summed E-state index contributed by atoms with van der Waals surface area (Å²) in [7, 11) is 0. The number of phenols is 1. The summed E-state index contributed by atoms with van der Waals surface area (Å²) in [6.07, 6.45) is 0. The predicted molar refractivity (Wildman–Crippen MR) is 76.6 cm³/mol. The van der Waals surface area contributed by atoms with Crippen LogP contribution in [-0.2, 0) is 6.54 Å². The Morgan fingerprint density at radius 2 is 1.89 bits per heavy atom. The minimum atomic E-state index is 0.275. The average Bonchev–Trinajstić information content (AvgIpc) is 2.34. The van der Waals surface area contributed by atoms with Gasteiger partial charge in [-0.15, -0.1) is 0 Å². The standard InChI is InChI=1S/C14H13Cl2NO/c1-9-2-4-12(7-14(9)18)17-8-10-6-11(15)3-5-13(10)16/h2-7,17-18H,8H2,1H3. The van der Waals surface area contributed by atoms with Crippen LogP contribution in [0.5, 0.6) is 5.75 Å². The van der Waals surface area contributed by atoms with Crippen LogP contribution in [0.3, 0.4) is 0 Å². The van der Waals surface area contributed by atoms with Gasteiger partial charge in [-0.2, -0.15) is 0 Å². The topological polar surface area (TPSA) is 32.3 Å². The van der Waals surface area contributed by atoms with Gasteiger partial charge in [-0.25, -0.2) is 0 Å². The molecule has 0 amide bonds. The number of phenolic OH excluding ortho intramolecular Hbond substituents is 1. The summed E-state index contributed by atoms with van der Waals surface area (Å²) in [6.45, 7) is 2.41. The third kappa shape index (κ3) is 3.09. The minimum absolute atomic E-state index is 0.275. The minimum Gasteiger partial charge on any atom is -0.508 e. The lowest BCUT2D eigenvalue weighted by Gasteiger charge is -2.09. The van der Waals surface area contributed by atoms with Gasteiger partial charge in [0, 0.05) is 28.3 Å². The van der Waals surface area contributed by atoms with Gasteiger partial charge in [0.2, 0.25) is 0 Å². The fourth-order valence-corrected chi connectivity index (χ4v) is 1.97. The Bertz CT molecular complexity index is 570. The van der Waals surface area contributed by atoms with E-state index in [4.69, 9.17) is 23.2 Å². The van der Waals surface area contributed by atoms with Crippen LogP contribution in [0.25, 0.3) is 0 Å². The van der Waals surface area contributed by atoms with Crippen LogP contribution < -0.4 is 5.32 Å². The summed E-state index contributed by atoms with van der Waals surface area (Å²) in [6, 6.07) is 10.8. The molecular weight excluding hydrogens is 269 g/mol. The first kappa shape index (κ1) is 13.1. The van der Waals surface area contributed by atoms with Gasteiger partial charge in [0.15, 0.2) is 0 Å². The number of nitrogens with one attached hydrogen (secondary N) is 1. The van der Waals surface area contributed by atoms with E-state index < -0.39 is 0 Å². The Morgan fingerprint density at radius 3 is 2.61 bits per heavy atom. The summed E-state index contributed by atoms with van der Waals surface area (Å²) in [5, 5.41) is 14.1. The highest BCUT2D eigenvalue weighted by molar-refractivity contribution is 6.33. The molecule has 0 atom stereocenters. The average molecular weight is 282 g/mol. The molecule has 0 spiro atoms. The SMILES string of the molecule is Cc1ccc(NCc2cc(Cl)ccc2Cl)cc1O. The zero-order valence-corrected chi connectivity index (χ0v) is 11.4. The Labute approximate surface area is 116 Å². The van der Waals surface area contributed by atoms with E-state index in [0.717, 1.165) is 16.8 Å². The number of hydrogen-bond donors (Lipinski definition) is 2. The van der Waals surface area contributed by atoms with Crippen molar-refractivity contribution >= 4 is 28.9 Å². The van der Waals surface area contributed by atoms with Crippen molar-refractivity contribution in [3.63, 3.8) is 0 Å². The van der Waals surface area contributed by atoms with Crippen molar-refractivity contribution in [3.05, 3.63) is 57.6 Å². The van der Waals surface area contributed by atoms with Gasteiger partial charge in [0.25, 0.3) is 0 Å². The molecule has 0 saturated heterocycles. The van der Waals surface area contributed by atoms with E-state index in [-0.39, 0.29) is 5.75 Å². The van der Waals surface area contributed by atoms with Gasteiger partial charge in [-0.3, -0.25) is 0 Å². The Morgan fingerprint density at radius 1 is 1.11 bits per heavy atom. The number of aryl methyl sites for hydroxylation is 1. The highest BCUT2D eigenvalue weighted by Gasteiger charge is 2.02. The lowest BCUT2D eigenvalue weighted by atomic mass is 10.2. The van der Waals surface area contributed by atoms with Crippen LogP contribution in [0.2, 0.25) is 10.0 Å². The zero-order chi connectivity index (χ0) is 13.1. The molecule has 0 aliphatic heterocycles. The van der Waals surface area contributed by atoms with Gasteiger partial charge in [0.05, 0.1) is 0 Å². The van der Waals surface area contributed by atoms with Crippen molar-refractivity contribution in [1.29, 1.82) is 0 Å². The van der Waals surface area contributed by atoms with Crippen molar-refractivity contribution in [2.45, 2.75) is 13.5 Å². The maximum absolute atomic E-state index is 9.61. The summed E-state index contributed by atoms with van der Waals surface area (Å²) in [4.78, 5) is 0. The third-order valence-electron chi connectivity index (χ3n) is 2.70. The van der Waals surface area contributed by atoms with Crippen LogP contribution in [0, 0.1) is 6.92 Å². The normalized spacial score (nSPS) is 10.4. The van der Waals surface area contributed by atoms with Crippen LogP contribution in [-0.4, -0.2) is 5.11 Å². The lowest BCUT2D eigenvalue weighted by molar-refractivity contribution is 0.471. The molecule has 18 heavy (non-hydrogen) atoms. The number of hydrogen-bond acceptors (Lipinski definition) is 2. The highest BCUT2D eigenvalue weighted by atomic mass is 35.5. The maximum atomic E-state index is 9.61. The number of rotatable bonds is 3. The van der Waals surface area contributed by atoms with Crippen molar-refractivity contribution in [2.75, 3.05) is 5.32 Å². The quantitative estimate of drug-likeness (QED) is 0.861. The van der Waals surface area contributed by atoms with E-state index in [1.54, 1.807) is 18.2 Å². The molecule has 0 aromatic heterocycles. The summed E-state index contributed by atoms with van der Waals surface area (Å²) in [5.74, 6) is 0.275. The molecule has 0 aliphatic carbocycles. The van der Waals surface area contributed by atoms with Gasteiger partial charge >= 0.3 is 0 Å². The number of aromatic hydroxyl groups is 1. The van der Waals surface area contributed by atoms with Crippen LogP contribution in [0.1, 0.15) is 11.1 Å². The van der Waals surface area contributed by atoms with Crippen molar-refractivity contribution in [3.8, 4) is 5.75 Å². The molecular formula is C14H13Cl2NO. The van der Waals surface area contributed by atoms with Crippen molar-refractivity contribution < 1.29 is 5.11 Å². The first-order valence-electron chi connectivity index (χ1n) is 5.53. The first-order chi connectivity index (χ1) is 8.56. The second-order valence-electron chi connectivity index (χ2n) is 4.09. The van der Waals surface area contributed by atoms with Crippen molar-refractivity contribution in [1.82, 2.24) is 0 Å². The molecule has 0 fully saturated rings. The molecule has 4 heteroatoms. The van der Waals surface area contributed by atoms with E-state index in [9.17, 15) is 5.11 Å². The molecule has 0 unspecified atom stereocenters. The molecule has 2 aromatic rings. The van der Waals surface area contributed by atoms with E-state index >= 15 is 0 Å². The lowest BCUT2D eigenvalue weighted by Crippen LogP contribution is -2.00. The summed E-state index contributed by atoms with van der Waals surface area (Å²) in [5.41, 5.74) is 2.61. The molecule has 2 N–H and O–H groups in total. The molecule has 2 rings (SSSR count). The van der Waals surface area contributed by atoms with Crippen molar-refractivity contribution in [2.24, 2.45) is 0 Å². The number of halogens is 2. The summed E-state index contributed by atoms with van der Waals surface area (Å²) < 4.78 is 0. The molecule has 0 aliphatic rings. The number of anilines is 1. The molecule has 94 valence electrons. The van der Waals surface area contributed by atoms with Gasteiger partial charge in [-0.05, 0) is 42.3 Å². The van der Waals surface area contributed by atoms with E-state index in [2.05, 4.69) is 5.32 Å². The van der Waals surface area contributed by atoms with E-state index in [0.29, 0.717) is 16.6 Å². The second kappa shape index (κ2) is 5.51. The van der Waals surface area contributed by atoms with E-state index in [1.807, 2.05) is 25.1 Å². The first-order valence-corrected chi connectivity index (χ1v) is 6.29. The molecule has 0 radical (unpaired) electrons.